The van der Waals surface area contributed by atoms with Gasteiger partial charge in [-0.2, -0.15) is 5.10 Å². The summed E-state index contributed by atoms with van der Waals surface area (Å²) in [5.41, 5.74) is 2.33. The Morgan fingerprint density at radius 1 is 1.14 bits per heavy atom. The number of aromatic nitrogens is 3. The molecule has 0 unspecified atom stereocenters. The maximum absolute atomic E-state index is 13.0. The van der Waals surface area contributed by atoms with E-state index in [0.717, 1.165) is 11.1 Å². The minimum absolute atomic E-state index is 0.149. The Bertz CT molecular complexity index is 1100. The fourth-order valence-corrected chi connectivity index (χ4v) is 2.75. The molecule has 0 aliphatic rings. The Hall–Kier alpha value is -3.45. The molecule has 6 nitrogen and oxygen atoms in total. The number of carbonyl (C=O) groups excluding carboxylic acids is 1. The Morgan fingerprint density at radius 3 is 2.64 bits per heavy atom. The summed E-state index contributed by atoms with van der Waals surface area (Å²) in [6.45, 7) is 0.459. The number of benzene rings is 2. The third-order valence-electron chi connectivity index (χ3n) is 4.02. The second kappa shape index (κ2) is 7.66. The summed E-state index contributed by atoms with van der Waals surface area (Å²) in [5, 5.41) is 11.3. The molecule has 0 aliphatic heterocycles. The molecule has 0 radical (unpaired) electrons. The Labute approximate surface area is 164 Å². The molecule has 2 aromatic carbocycles. The number of hydrogen-bond donors (Lipinski definition) is 1. The molecule has 0 fully saturated rings. The van der Waals surface area contributed by atoms with E-state index in [-0.39, 0.29) is 11.5 Å². The van der Waals surface area contributed by atoms with Crippen LogP contribution < -0.4 is 5.32 Å². The molecule has 0 aliphatic carbocycles. The van der Waals surface area contributed by atoms with Gasteiger partial charge in [-0.1, -0.05) is 28.9 Å². The molecular weight excluding hydrogens is 383 g/mol. The van der Waals surface area contributed by atoms with Gasteiger partial charge in [0.15, 0.2) is 11.5 Å². The molecule has 4 aromatic rings. The predicted octanol–water partition coefficient (Wildman–Crippen LogP) is 4.63. The van der Waals surface area contributed by atoms with Crippen LogP contribution in [0.3, 0.4) is 0 Å². The van der Waals surface area contributed by atoms with Crippen LogP contribution in [0.5, 0.6) is 0 Å². The van der Waals surface area contributed by atoms with Crippen molar-refractivity contribution in [3.05, 3.63) is 89.1 Å². The highest BCUT2D eigenvalue weighted by Crippen LogP contribution is 2.22. The minimum atomic E-state index is -0.412. The topological polar surface area (TPSA) is 73.0 Å². The number of nitrogens with zero attached hydrogens (tertiary/aromatic N) is 3. The molecule has 0 saturated carbocycles. The maximum atomic E-state index is 13.0. The highest BCUT2D eigenvalue weighted by Gasteiger charge is 2.15. The zero-order chi connectivity index (χ0) is 19.5. The molecule has 140 valence electrons. The second-order valence-electron chi connectivity index (χ2n) is 6.09. The lowest BCUT2D eigenvalue weighted by Crippen LogP contribution is -2.11. The first-order valence-electron chi connectivity index (χ1n) is 8.38. The van der Waals surface area contributed by atoms with E-state index in [0.29, 0.717) is 23.0 Å². The van der Waals surface area contributed by atoms with Gasteiger partial charge in [0.25, 0.3) is 5.91 Å². The van der Waals surface area contributed by atoms with Crippen molar-refractivity contribution in [3.8, 4) is 11.3 Å². The standard InChI is InChI=1S/C20H14ClFN4O2/c21-15-5-3-14(4-6-15)19-9-18(25-28-19)20(27)24-17-10-23-26(12-17)11-13-1-7-16(22)8-2-13/h1-10,12H,11H2,(H,24,27). The molecule has 2 aromatic heterocycles. The highest BCUT2D eigenvalue weighted by molar-refractivity contribution is 6.30. The van der Waals surface area contributed by atoms with Crippen LogP contribution >= 0.6 is 11.6 Å². The van der Waals surface area contributed by atoms with Gasteiger partial charge in [0.1, 0.15) is 5.82 Å². The number of rotatable bonds is 5. The van der Waals surface area contributed by atoms with Gasteiger partial charge >= 0.3 is 0 Å². The largest absolute Gasteiger partial charge is 0.355 e. The normalized spacial score (nSPS) is 10.8. The number of amides is 1. The van der Waals surface area contributed by atoms with Crippen LogP contribution in [-0.4, -0.2) is 20.8 Å². The van der Waals surface area contributed by atoms with Gasteiger partial charge in [-0.15, -0.1) is 0 Å². The van der Waals surface area contributed by atoms with Gasteiger partial charge in [-0.05, 0) is 42.0 Å². The molecule has 0 saturated heterocycles. The molecular formula is C20H14ClFN4O2. The molecule has 2 heterocycles. The van der Waals surface area contributed by atoms with Gasteiger partial charge in [0.2, 0.25) is 0 Å². The molecule has 8 heteroatoms. The number of halogens is 2. The molecule has 4 rings (SSSR count). The third-order valence-corrected chi connectivity index (χ3v) is 4.27. The average molecular weight is 397 g/mol. The van der Waals surface area contributed by atoms with Crippen LogP contribution in [0.25, 0.3) is 11.3 Å². The van der Waals surface area contributed by atoms with E-state index < -0.39 is 5.91 Å². The first-order chi connectivity index (χ1) is 13.6. The molecule has 1 amide bonds. The first kappa shape index (κ1) is 17.9. The molecule has 0 bridgehead atoms. The zero-order valence-electron chi connectivity index (χ0n) is 14.5. The second-order valence-corrected chi connectivity index (χ2v) is 6.53. The van der Waals surface area contributed by atoms with Crippen LogP contribution in [0.15, 0.2) is 71.5 Å². The van der Waals surface area contributed by atoms with Gasteiger partial charge in [-0.25, -0.2) is 4.39 Å². The fourth-order valence-electron chi connectivity index (χ4n) is 2.62. The zero-order valence-corrected chi connectivity index (χ0v) is 15.2. The monoisotopic (exact) mass is 396 g/mol. The molecule has 0 spiro atoms. The lowest BCUT2D eigenvalue weighted by atomic mass is 10.1. The summed E-state index contributed by atoms with van der Waals surface area (Å²) in [5.74, 6) is -0.234. The van der Waals surface area contributed by atoms with E-state index in [9.17, 15) is 9.18 Å². The van der Waals surface area contributed by atoms with Gasteiger partial charge in [0, 0.05) is 22.8 Å². The van der Waals surface area contributed by atoms with Crippen molar-refractivity contribution in [1.82, 2.24) is 14.9 Å². The lowest BCUT2D eigenvalue weighted by Gasteiger charge is -2.01. The van der Waals surface area contributed by atoms with E-state index in [1.807, 2.05) is 0 Å². The Balaban J connectivity index is 1.42. The third kappa shape index (κ3) is 4.10. The fraction of sp³-hybridized carbons (Fsp3) is 0.0500. The highest BCUT2D eigenvalue weighted by atomic mass is 35.5. The van der Waals surface area contributed by atoms with E-state index in [4.69, 9.17) is 16.1 Å². The van der Waals surface area contributed by atoms with Crippen LogP contribution in [0.2, 0.25) is 5.02 Å². The summed E-state index contributed by atoms with van der Waals surface area (Å²) in [6, 6.07) is 14.7. The van der Waals surface area contributed by atoms with Crippen LogP contribution in [0, 0.1) is 5.82 Å². The average Bonchev–Trinajstić information content (AvgIpc) is 3.34. The smallest absolute Gasteiger partial charge is 0.277 e. The number of nitrogens with one attached hydrogen (secondary N) is 1. The minimum Gasteiger partial charge on any atom is -0.355 e. The summed E-state index contributed by atoms with van der Waals surface area (Å²) < 4.78 is 19.9. The van der Waals surface area contributed by atoms with E-state index in [1.165, 1.54) is 18.3 Å². The van der Waals surface area contributed by atoms with Gasteiger partial charge in [-0.3, -0.25) is 9.48 Å². The quantitative estimate of drug-likeness (QED) is 0.533. The lowest BCUT2D eigenvalue weighted by molar-refractivity contribution is 0.101. The van der Waals surface area contributed by atoms with Crippen LogP contribution in [-0.2, 0) is 6.54 Å². The molecule has 1 N–H and O–H groups in total. The van der Waals surface area contributed by atoms with Crippen molar-refractivity contribution in [2.45, 2.75) is 6.54 Å². The van der Waals surface area contributed by atoms with Crippen molar-refractivity contribution in [3.63, 3.8) is 0 Å². The van der Waals surface area contributed by atoms with Crippen molar-refractivity contribution in [2.75, 3.05) is 5.32 Å². The van der Waals surface area contributed by atoms with E-state index in [1.54, 1.807) is 53.3 Å². The van der Waals surface area contributed by atoms with Gasteiger partial charge < -0.3 is 9.84 Å². The summed E-state index contributed by atoms with van der Waals surface area (Å²) >= 11 is 5.87. The molecule has 28 heavy (non-hydrogen) atoms. The van der Waals surface area contributed by atoms with Crippen molar-refractivity contribution in [2.24, 2.45) is 0 Å². The Kier molecular flexibility index (Phi) is 4.90. The molecule has 0 atom stereocenters. The van der Waals surface area contributed by atoms with Crippen molar-refractivity contribution >= 4 is 23.2 Å². The summed E-state index contributed by atoms with van der Waals surface area (Å²) in [7, 11) is 0. The maximum Gasteiger partial charge on any atom is 0.277 e. The van der Waals surface area contributed by atoms with E-state index >= 15 is 0 Å². The van der Waals surface area contributed by atoms with E-state index in [2.05, 4.69) is 15.6 Å². The van der Waals surface area contributed by atoms with Crippen molar-refractivity contribution < 1.29 is 13.7 Å². The first-order valence-corrected chi connectivity index (χ1v) is 8.75. The van der Waals surface area contributed by atoms with Crippen LogP contribution in [0.4, 0.5) is 10.1 Å². The van der Waals surface area contributed by atoms with Gasteiger partial charge in [0.05, 0.1) is 18.4 Å². The SMILES string of the molecule is O=C(Nc1cnn(Cc2ccc(F)cc2)c1)c1cc(-c2ccc(Cl)cc2)on1. The van der Waals surface area contributed by atoms with Crippen LogP contribution in [0.1, 0.15) is 16.1 Å². The summed E-state index contributed by atoms with van der Waals surface area (Å²) in [4.78, 5) is 12.4. The number of hydrogen-bond acceptors (Lipinski definition) is 4. The van der Waals surface area contributed by atoms with Crippen molar-refractivity contribution in [1.29, 1.82) is 0 Å². The number of anilines is 1. The Morgan fingerprint density at radius 2 is 1.89 bits per heavy atom. The number of carbonyl (C=O) groups is 1. The summed E-state index contributed by atoms with van der Waals surface area (Å²) in [6.07, 6.45) is 3.21. The predicted molar refractivity (Wildman–Crippen MR) is 103 cm³/mol.